The van der Waals surface area contributed by atoms with Gasteiger partial charge in [0.2, 0.25) is 5.89 Å². The van der Waals surface area contributed by atoms with Crippen molar-refractivity contribution in [1.82, 2.24) is 9.97 Å². The van der Waals surface area contributed by atoms with Gasteiger partial charge in [-0.2, -0.15) is 4.98 Å². The molecule has 0 atom stereocenters. The van der Waals surface area contributed by atoms with E-state index < -0.39 is 11.7 Å². The molecule has 0 saturated heterocycles. The summed E-state index contributed by atoms with van der Waals surface area (Å²) in [5.41, 5.74) is 1.90. The number of carbonyl (C=O) groups excluding carboxylic acids is 1. The first kappa shape index (κ1) is 16.2. The van der Waals surface area contributed by atoms with Gasteiger partial charge >= 0.3 is 0 Å². The number of aromatic nitrogens is 2. The van der Waals surface area contributed by atoms with Crippen molar-refractivity contribution in [2.45, 2.75) is 0 Å². The molecule has 4 rings (SSSR count). The second-order valence-corrected chi connectivity index (χ2v) is 5.88. The van der Waals surface area contributed by atoms with E-state index in [1.165, 1.54) is 18.2 Å². The lowest BCUT2D eigenvalue weighted by molar-refractivity contribution is 0.102. The summed E-state index contributed by atoms with van der Waals surface area (Å²) in [6, 6.07) is 14.2. The Morgan fingerprint density at radius 1 is 1.12 bits per heavy atom. The topological polar surface area (TPSA) is 68.0 Å². The van der Waals surface area contributed by atoms with Crippen LogP contribution in [0.3, 0.4) is 0 Å². The van der Waals surface area contributed by atoms with Crippen LogP contribution in [0.4, 0.5) is 10.1 Å². The van der Waals surface area contributed by atoms with Crippen molar-refractivity contribution in [2.75, 3.05) is 5.32 Å². The Bertz CT molecular complexity index is 1090. The van der Waals surface area contributed by atoms with Gasteiger partial charge in [0.1, 0.15) is 5.82 Å². The number of oxazole rings is 1. The molecule has 0 aliphatic heterocycles. The SMILES string of the molecule is O=C(Nc1cc(-c2nc3ncccc3o2)ccc1Cl)c1ccccc1F. The van der Waals surface area contributed by atoms with E-state index in [1.807, 2.05) is 0 Å². The van der Waals surface area contributed by atoms with Crippen molar-refractivity contribution in [1.29, 1.82) is 0 Å². The summed E-state index contributed by atoms with van der Waals surface area (Å²) in [6.07, 6.45) is 1.62. The minimum atomic E-state index is -0.609. The molecule has 5 nitrogen and oxygen atoms in total. The summed E-state index contributed by atoms with van der Waals surface area (Å²) in [7, 11) is 0. The second kappa shape index (κ2) is 6.57. The summed E-state index contributed by atoms with van der Waals surface area (Å²) >= 11 is 6.16. The lowest BCUT2D eigenvalue weighted by atomic mass is 10.1. The standard InChI is InChI=1S/C19H11ClFN3O2/c20-13-8-7-11(19-24-17-16(26-19)6-3-9-22-17)10-15(13)23-18(25)12-4-1-2-5-14(12)21/h1-10H,(H,23,25). The Kier molecular flexibility index (Phi) is 4.10. The van der Waals surface area contributed by atoms with Gasteiger partial charge in [-0.25, -0.2) is 9.37 Å². The first-order valence-corrected chi connectivity index (χ1v) is 8.07. The number of nitrogens with one attached hydrogen (secondary N) is 1. The monoisotopic (exact) mass is 367 g/mol. The minimum absolute atomic E-state index is 0.0694. The first-order valence-electron chi connectivity index (χ1n) is 7.69. The molecular weight excluding hydrogens is 357 g/mol. The molecule has 7 heteroatoms. The number of rotatable bonds is 3. The molecule has 2 heterocycles. The zero-order valence-corrected chi connectivity index (χ0v) is 14.0. The van der Waals surface area contributed by atoms with Crippen molar-refractivity contribution < 1.29 is 13.6 Å². The molecule has 1 N–H and O–H groups in total. The normalized spacial score (nSPS) is 10.8. The van der Waals surface area contributed by atoms with Crippen LogP contribution in [0.15, 0.2) is 65.2 Å². The average molecular weight is 368 g/mol. The molecule has 0 aliphatic carbocycles. The maximum atomic E-state index is 13.8. The number of benzene rings is 2. The van der Waals surface area contributed by atoms with Crippen LogP contribution in [0.1, 0.15) is 10.4 Å². The third-order valence-electron chi connectivity index (χ3n) is 3.74. The lowest BCUT2D eigenvalue weighted by Gasteiger charge is -2.09. The highest BCUT2D eigenvalue weighted by Gasteiger charge is 2.15. The molecule has 0 unspecified atom stereocenters. The second-order valence-electron chi connectivity index (χ2n) is 5.47. The average Bonchev–Trinajstić information content (AvgIpc) is 3.08. The molecule has 128 valence electrons. The third-order valence-corrected chi connectivity index (χ3v) is 4.07. The Labute approximate surface area is 152 Å². The summed E-state index contributed by atoms with van der Waals surface area (Å²) in [5.74, 6) is -0.861. The summed E-state index contributed by atoms with van der Waals surface area (Å²) in [4.78, 5) is 20.8. The van der Waals surface area contributed by atoms with Crippen LogP contribution in [-0.4, -0.2) is 15.9 Å². The highest BCUT2D eigenvalue weighted by molar-refractivity contribution is 6.34. The zero-order valence-electron chi connectivity index (χ0n) is 13.2. The molecule has 2 aromatic carbocycles. The molecule has 0 radical (unpaired) electrons. The van der Waals surface area contributed by atoms with Gasteiger partial charge in [0.15, 0.2) is 11.2 Å². The highest BCUT2D eigenvalue weighted by atomic mass is 35.5. The Hall–Kier alpha value is -3.25. The first-order chi connectivity index (χ1) is 12.6. The Morgan fingerprint density at radius 3 is 2.77 bits per heavy atom. The molecule has 4 aromatic rings. The van der Waals surface area contributed by atoms with Crippen molar-refractivity contribution >= 4 is 34.4 Å². The van der Waals surface area contributed by atoms with E-state index in [9.17, 15) is 9.18 Å². The van der Waals surface area contributed by atoms with E-state index in [0.717, 1.165) is 0 Å². The zero-order chi connectivity index (χ0) is 18.1. The molecule has 26 heavy (non-hydrogen) atoms. The number of nitrogens with zero attached hydrogens (tertiary/aromatic N) is 2. The van der Waals surface area contributed by atoms with Crippen molar-refractivity contribution in [3.05, 3.63) is 77.2 Å². The van der Waals surface area contributed by atoms with Gasteiger partial charge in [0, 0.05) is 11.8 Å². The fraction of sp³-hybridized carbons (Fsp3) is 0. The number of anilines is 1. The fourth-order valence-corrected chi connectivity index (χ4v) is 2.65. The van der Waals surface area contributed by atoms with Gasteiger partial charge in [-0.1, -0.05) is 23.7 Å². The predicted molar refractivity (Wildman–Crippen MR) is 96.6 cm³/mol. The summed E-state index contributed by atoms with van der Waals surface area (Å²) in [5, 5.41) is 2.93. The number of amides is 1. The van der Waals surface area contributed by atoms with Gasteiger partial charge in [0.05, 0.1) is 16.3 Å². The number of pyridine rings is 1. The summed E-state index contributed by atoms with van der Waals surface area (Å²) < 4.78 is 19.4. The van der Waals surface area contributed by atoms with Crippen LogP contribution in [0.2, 0.25) is 5.02 Å². The number of halogens is 2. The maximum Gasteiger partial charge on any atom is 0.258 e. The van der Waals surface area contributed by atoms with Crippen LogP contribution in [-0.2, 0) is 0 Å². The van der Waals surface area contributed by atoms with Crippen LogP contribution in [0.25, 0.3) is 22.7 Å². The number of hydrogen-bond donors (Lipinski definition) is 1. The molecular formula is C19H11ClFN3O2. The van der Waals surface area contributed by atoms with Gasteiger partial charge in [-0.15, -0.1) is 0 Å². The van der Waals surface area contributed by atoms with Crippen LogP contribution in [0.5, 0.6) is 0 Å². The predicted octanol–water partition coefficient (Wildman–Crippen LogP) is 4.93. The van der Waals surface area contributed by atoms with Gasteiger partial charge < -0.3 is 9.73 Å². The molecule has 0 bridgehead atoms. The van der Waals surface area contributed by atoms with Crippen molar-refractivity contribution in [2.24, 2.45) is 0 Å². The van der Waals surface area contributed by atoms with Gasteiger partial charge in [0.25, 0.3) is 5.91 Å². The van der Waals surface area contributed by atoms with E-state index in [0.29, 0.717) is 33.4 Å². The molecule has 0 saturated carbocycles. The quantitative estimate of drug-likeness (QED) is 0.557. The Morgan fingerprint density at radius 2 is 1.96 bits per heavy atom. The highest BCUT2D eigenvalue weighted by Crippen LogP contribution is 2.30. The van der Waals surface area contributed by atoms with Gasteiger partial charge in [-0.3, -0.25) is 4.79 Å². The largest absolute Gasteiger partial charge is 0.434 e. The molecule has 0 fully saturated rings. The summed E-state index contributed by atoms with van der Waals surface area (Å²) in [6.45, 7) is 0. The lowest BCUT2D eigenvalue weighted by Crippen LogP contribution is -2.14. The van der Waals surface area contributed by atoms with E-state index in [-0.39, 0.29) is 5.56 Å². The Balaban J connectivity index is 1.68. The van der Waals surface area contributed by atoms with Crippen LogP contribution < -0.4 is 5.32 Å². The third kappa shape index (κ3) is 3.02. The van der Waals surface area contributed by atoms with Crippen molar-refractivity contribution in [3.63, 3.8) is 0 Å². The fourth-order valence-electron chi connectivity index (χ4n) is 2.48. The van der Waals surface area contributed by atoms with Crippen LogP contribution in [0, 0.1) is 5.82 Å². The molecule has 2 aromatic heterocycles. The smallest absolute Gasteiger partial charge is 0.258 e. The number of hydrogen-bond acceptors (Lipinski definition) is 4. The molecule has 1 amide bonds. The maximum absolute atomic E-state index is 13.8. The molecule has 0 aliphatic rings. The van der Waals surface area contributed by atoms with E-state index in [2.05, 4.69) is 15.3 Å². The van der Waals surface area contributed by atoms with E-state index >= 15 is 0 Å². The van der Waals surface area contributed by atoms with Crippen LogP contribution >= 0.6 is 11.6 Å². The van der Waals surface area contributed by atoms with E-state index in [1.54, 1.807) is 42.6 Å². The number of fused-ring (bicyclic) bond motifs is 1. The van der Waals surface area contributed by atoms with Gasteiger partial charge in [-0.05, 0) is 42.5 Å². The molecule has 0 spiro atoms. The number of carbonyl (C=O) groups is 1. The minimum Gasteiger partial charge on any atom is -0.434 e. The van der Waals surface area contributed by atoms with E-state index in [4.69, 9.17) is 16.0 Å². The van der Waals surface area contributed by atoms with Crippen molar-refractivity contribution in [3.8, 4) is 11.5 Å².